The van der Waals surface area contributed by atoms with Crippen molar-refractivity contribution in [1.29, 1.82) is 0 Å². The summed E-state index contributed by atoms with van der Waals surface area (Å²) < 4.78 is 0. The zero-order chi connectivity index (χ0) is 14.1. The molecule has 4 heteroatoms. The van der Waals surface area contributed by atoms with Crippen LogP contribution < -0.4 is 5.73 Å². The van der Waals surface area contributed by atoms with Crippen molar-refractivity contribution < 1.29 is 4.79 Å². The first-order valence-corrected chi connectivity index (χ1v) is 7.92. The molecule has 1 fully saturated rings. The predicted molar refractivity (Wildman–Crippen MR) is 80.0 cm³/mol. The fraction of sp³-hybridized carbons (Fsp3) is 0.933. The quantitative estimate of drug-likeness (QED) is 0.650. The summed E-state index contributed by atoms with van der Waals surface area (Å²) in [5.74, 6) is -0.208. The molecule has 1 saturated heterocycles. The van der Waals surface area contributed by atoms with Crippen molar-refractivity contribution in [3.63, 3.8) is 0 Å². The number of carbonyl (C=O) groups is 1. The second-order valence-corrected chi connectivity index (χ2v) is 5.69. The molecule has 0 aromatic heterocycles. The minimum Gasteiger partial charge on any atom is -0.369 e. The number of hydrogen-bond acceptors (Lipinski definition) is 3. The van der Waals surface area contributed by atoms with E-state index in [1.165, 1.54) is 38.5 Å². The van der Waals surface area contributed by atoms with Crippen molar-refractivity contribution in [1.82, 2.24) is 9.80 Å². The van der Waals surface area contributed by atoms with E-state index in [9.17, 15) is 4.79 Å². The summed E-state index contributed by atoms with van der Waals surface area (Å²) in [6.07, 6.45) is 7.96. The summed E-state index contributed by atoms with van der Waals surface area (Å²) >= 11 is 0. The maximum atomic E-state index is 10.9. The van der Waals surface area contributed by atoms with Gasteiger partial charge < -0.3 is 5.73 Å². The fourth-order valence-electron chi connectivity index (χ4n) is 2.96. The number of primary amides is 1. The Morgan fingerprint density at radius 3 is 2.32 bits per heavy atom. The van der Waals surface area contributed by atoms with Crippen LogP contribution in [0.1, 0.15) is 52.4 Å². The molecule has 0 saturated carbocycles. The number of nitrogens with two attached hydrogens (primary N) is 1. The van der Waals surface area contributed by atoms with Gasteiger partial charge >= 0.3 is 0 Å². The van der Waals surface area contributed by atoms with E-state index in [-0.39, 0.29) is 5.91 Å². The van der Waals surface area contributed by atoms with Crippen LogP contribution in [0.5, 0.6) is 0 Å². The van der Waals surface area contributed by atoms with E-state index in [1.807, 2.05) is 0 Å². The summed E-state index contributed by atoms with van der Waals surface area (Å²) in [6.45, 7) is 9.10. The monoisotopic (exact) mass is 269 g/mol. The Morgan fingerprint density at radius 1 is 1.11 bits per heavy atom. The van der Waals surface area contributed by atoms with Crippen molar-refractivity contribution in [3.8, 4) is 0 Å². The van der Waals surface area contributed by atoms with Gasteiger partial charge in [-0.2, -0.15) is 0 Å². The molecule has 0 radical (unpaired) electrons. The predicted octanol–water partition coefficient (Wildman–Crippen LogP) is 1.84. The molecule has 1 rings (SSSR count). The molecule has 0 aromatic carbocycles. The highest BCUT2D eigenvalue weighted by molar-refractivity contribution is 5.75. The second-order valence-electron chi connectivity index (χ2n) is 5.69. The molecule has 0 aromatic rings. The maximum absolute atomic E-state index is 10.9. The average molecular weight is 269 g/mol. The average Bonchev–Trinajstić information content (AvgIpc) is 2.40. The van der Waals surface area contributed by atoms with Gasteiger partial charge in [0.15, 0.2) is 0 Å². The van der Waals surface area contributed by atoms with Gasteiger partial charge in [0.2, 0.25) is 5.91 Å². The molecule has 0 spiro atoms. The van der Waals surface area contributed by atoms with Crippen LogP contribution in [0.3, 0.4) is 0 Å². The fourth-order valence-corrected chi connectivity index (χ4v) is 2.96. The topological polar surface area (TPSA) is 49.6 Å². The highest BCUT2D eigenvalue weighted by atomic mass is 16.1. The summed E-state index contributed by atoms with van der Waals surface area (Å²) in [5.41, 5.74) is 5.24. The SMILES string of the molecule is CCCCCCC(CC)N1CCN(CC(N)=O)CC1. The molecule has 1 unspecified atom stereocenters. The van der Waals surface area contributed by atoms with Gasteiger partial charge in [0.25, 0.3) is 0 Å². The zero-order valence-electron chi connectivity index (χ0n) is 12.7. The van der Waals surface area contributed by atoms with Crippen molar-refractivity contribution in [2.75, 3.05) is 32.7 Å². The molecule has 19 heavy (non-hydrogen) atoms. The van der Waals surface area contributed by atoms with Crippen molar-refractivity contribution >= 4 is 5.91 Å². The largest absolute Gasteiger partial charge is 0.369 e. The third-order valence-electron chi connectivity index (χ3n) is 4.16. The number of piperazine rings is 1. The number of carbonyl (C=O) groups excluding carboxylic acids is 1. The number of hydrogen-bond donors (Lipinski definition) is 1. The van der Waals surface area contributed by atoms with Gasteiger partial charge in [0.05, 0.1) is 6.54 Å². The van der Waals surface area contributed by atoms with Crippen molar-refractivity contribution in [2.24, 2.45) is 5.73 Å². The molecule has 2 N–H and O–H groups in total. The third-order valence-corrected chi connectivity index (χ3v) is 4.16. The van der Waals surface area contributed by atoms with E-state index in [1.54, 1.807) is 0 Å². The highest BCUT2D eigenvalue weighted by Crippen LogP contribution is 2.16. The Kier molecular flexibility index (Phi) is 8.07. The van der Waals surface area contributed by atoms with Gasteiger partial charge in [-0.15, -0.1) is 0 Å². The molecule has 1 heterocycles. The lowest BCUT2D eigenvalue weighted by Gasteiger charge is -2.38. The number of rotatable bonds is 9. The standard InChI is InChI=1S/C15H31N3O/c1-3-5-6-7-8-14(4-2)18-11-9-17(10-12-18)13-15(16)19/h14H,3-13H2,1-2H3,(H2,16,19). The van der Waals surface area contributed by atoms with Crippen molar-refractivity contribution in [3.05, 3.63) is 0 Å². The van der Waals surface area contributed by atoms with Gasteiger partial charge in [-0.1, -0.05) is 39.5 Å². The Bertz CT molecular complexity index is 250. The molecule has 112 valence electrons. The van der Waals surface area contributed by atoms with E-state index >= 15 is 0 Å². The Balaban J connectivity index is 2.24. The van der Waals surface area contributed by atoms with Gasteiger partial charge in [-0.3, -0.25) is 14.6 Å². The van der Waals surface area contributed by atoms with Crippen LogP contribution in [0.4, 0.5) is 0 Å². The first-order valence-electron chi connectivity index (χ1n) is 7.92. The van der Waals surface area contributed by atoms with Crippen LogP contribution in [0, 0.1) is 0 Å². The summed E-state index contributed by atoms with van der Waals surface area (Å²) in [7, 11) is 0. The van der Waals surface area contributed by atoms with Crippen LogP contribution in [0.15, 0.2) is 0 Å². The van der Waals surface area contributed by atoms with Gasteiger partial charge in [0, 0.05) is 32.2 Å². The molecule has 1 aliphatic heterocycles. The molecular weight excluding hydrogens is 238 g/mol. The lowest BCUT2D eigenvalue weighted by atomic mass is 10.0. The molecule has 1 amide bonds. The number of nitrogens with zero attached hydrogens (tertiary/aromatic N) is 2. The smallest absolute Gasteiger partial charge is 0.231 e. The van der Waals surface area contributed by atoms with Gasteiger partial charge in [0.1, 0.15) is 0 Å². The third kappa shape index (κ3) is 6.39. The van der Waals surface area contributed by atoms with E-state index in [4.69, 9.17) is 5.73 Å². The summed E-state index contributed by atoms with van der Waals surface area (Å²) in [4.78, 5) is 15.7. The van der Waals surface area contributed by atoms with Crippen molar-refractivity contribution in [2.45, 2.75) is 58.4 Å². The van der Waals surface area contributed by atoms with Crippen LogP contribution in [0.25, 0.3) is 0 Å². The van der Waals surface area contributed by atoms with Gasteiger partial charge in [-0.05, 0) is 12.8 Å². The van der Waals surface area contributed by atoms with Crippen LogP contribution in [0.2, 0.25) is 0 Å². The van der Waals surface area contributed by atoms with E-state index in [0.29, 0.717) is 6.54 Å². The van der Waals surface area contributed by atoms with E-state index in [2.05, 4.69) is 23.6 Å². The van der Waals surface area contributed by atoms with E-state index < -0.39 is 0 Å². The van der Waals surface area contributed by atoms with Gasteiger partial charge in [-0.25, -0.2) is 0 Å². The van der Waals surface area contributed by atoms with Crippen LogP contribution >= 0.6 is 0 Å². The lowest BCUT2D eigenvalue weighted by molar-refractivity contribution is -0.119. The first kappa shape index (κ1) is 16.4. The van der Waals surface area contributed by atoms with Crippen LogP contribution in [-0.2, 0) is 4.79 Å². The molecule has 1 atom stereocenters. The Hall–Kier alpha value is -0.610. The number of unbranched alkanes of at least 4 members (excludes halogenated alkanes) is 3. The highest BCUT2D eigenvalue weighted by Gasteiger charge is 2.22. The maximum Gasteiger partial charge on any atom is 0.231 e. The Labute approximate surface area is 118 Å². The lowest BCUT2D eigenvalue weighted by Crippen LogP contribution is -2.51. The molecule has 1 aliphatic rings. The number of amides is 1. The summed E-state index contributed by atoms with van der Waals surface area (Å²) in [5, 5.41) is 0. The second kappa shape index (κ2) is 9.32. The molecule has 4 nitrogen and oxygen atoms in total. The van der Waals surface area contributed by atoms with E-state index in [0.717, 1.165) is 32.2 Å². The zero-order valence-corrected chi connectivity index (χ0v) is 12.7. The normalized spacial score (nSPS) is 19.5. The first-order chi connectivity index (χ1) is 9.17. The summed E-state index contributed by atoms with van der Waals surface area (Å²) in [6, 6.07) is 0.729. The molecule has 0 aliphatic carbocycles. The Morgan fingerprint density at radius 2 is 1.79 bits per heavy atom. The minimum atomic E-state index is -0.208. The molecular formula is C15H31N3O. The minimum absolute atomic E-state index is 0.208. The van der Waals surface area contributed by atoms with Crippen LogP contribution in [-0.4, -0.2) is 54.5 Å². The molecule has 0 bridgehead atoms.